The first kappa shape index (κ1) is 18.3. The number of rotatable bonds is 5. The fourth-order valence-corrected chi connectivity index (χ4v) is 5.32. The lowest BCUT2D eigenvalue weighted by Gasteiger charge is -2.05. The molecule has 2 heterocycles. The summed E-state index contributed by atoms with van der Waals surface area (Å²) in [6.45, 7) is 0. The molecule has 28 heavy (non-hydrogen) atoms. The molecule has 0 fully saturated rings. The minimum atomic E-state index is -0.520. The molecule has 0 bridgehead atoms. The molecule has 0 aromatic heterocycles. The highest BCUT2D eigenvalue weighted by Crippen LogP contribution is 2.45. The van der Waals surface area contributed by atoms with Gasteiger partial charge in [-0.15, -0.1) is 0 Å². The van der Waals surface area contributed by atoms with Crippen LogP contribution in [0.3, 0.4) is 0 Å². The van der Waals surface area contributed by atoms with E-state index in [9.17, 15) is 19.2 Å². The molecular formula is C20H12N2O4S2. The predicted octanol–water partition coefficient (Wildman–Crippen LogP) is 2.50. The summed E-state index contributed by atoms with van der Waals surface area (Å²) in [6, 6.07) is 17.6. The molecule has 2 aliphatic rings. The number of nitrogens with one attached hydrogen (secondary N) is 2. The Balaban J connectivity index is 1.70. The SMILES string of the molecule is O=C1NC(=O)C(c2ccccc2)=C1SSC1=C(c2ccccc2)C(=O)NC1=O. The molecule has 4 amide bonds. The Morgan fingerprint density at radius 2 is 0.857 bits per heavy atom. The zero-order valence-corrected chi connectivity index (χ0v) is 15.9. The molecule has 0 saturated heterocycles. The summed E-state index contributed by atoms with van der Waals surface area (Å²) >= 11 is 0. The van der Waals surface area contributed by atoms with Crippen LogP contribution >= 0.6 is 21.6 Å². The first-order chi connectivity index (χ1) is 13.6. The van der Waals surface area contributed by atoms with Gasteiger partial charge < -0.3 is 0 Å². The van der Waals surface area contributed by atoms with Crippen LogP contribution in [0.15, 0.2) is 70.5 Å². The highest BCUT2D eigenvalue weighted by molar-refractivity contribution is 8.80. The van der Waals surface area contributed by atoms with Crippen LogP contribution in [0, 0.1) is 0 Å². The standard InChI is InChI=1S/C20H12N2O4S2/c23-17-13(11-7-3-1-4-8-11)15(19(25)21-17)27-28-16-14(18(24)22-20(16)26)12-9-5-2-6-10-12/h1-10H,(H,21,23,25)(H,22,24,26). The van der Waals surface area contributed by atoms with Crippen molar-refractivity contribution in [1.82, 2.24) is 10.6 Å². The molecule has 2 aromatic rings. The van der Waals surface area contributed by atoms with E-state index in [1.807, 2.05) is 12.1 Å². The van der Waals surface area contributed by atoms with Gasteiger partial charge in [0.25, 0.3) is 23.6 Å². The minimum Gasteiger partial charge on any atom is -0.288 e. The summed E-state index contributed by atoms with van der Waals surface area (Å²) < 4.78 is 0. The number of imide groups is 2. The second kappa shape index (κ2) is 7.49. The van der Waals surface area contributed by atoms with Crippen LogP contribution in [0.5, 0.6) is 0 Å². The summed E-state index contributed by atoms with van der Waals surface area (Å²) in [6.07, 6.45) is 0. The average molecular weight is 408 g/mol. The molecule has 0 radical (unpaired) electrons. The molecule has 0 atom stereocenters. The van der Waals surface area contributed by atoms with E-state index in [4.69, 9.17) is 0 Å². The number of hydrogen-bond donors (Lipinski definition) is 2. The zero-order chi connectivity index (χ0) is 19.7. The molecule has 6 nitrogen and oxygen atoms in total. The van der Waals surface area contributed by atoms with E-state index in [1.54, 1.807) is 48.5 Å². The molecule has 0 spiro atoms. The Morgan fingerprint density at radius 1 is 0.500 bits per heavy atom. The van der Waals surface area contributed by atoms with Crippen molar-refractivity contribution < 1.29 is 19.2 Å². The van der Waals surface area contributed by atoms with Crippen molar-refractivity contribution in [3.63, 3.8) is 0 Å². The molecule has 2 N–H and O–H groups in total. The highest BCUT2D eigenvalue weighted by Gasteiger charge is 2.35. The number of carbonyl (C=O) groups is 4. The van der Waals surface area contributed by atoms with Gasteiger partial charge in [0.1, 0.15) is 0 Å². The largest absolute Gasteiger partial charge is 0.288 e. The number of carbonyl (C=O) groups excluding carboxylic acids is 4. The molecule has 8 heteroatoms. The maximum absolute atomic E-state index is 12.3. The third-order valence-electron chi connectivity index (χ3n) is 4.11. The van der Waals surface area contributed by atoms with Crippen molar-refractivity contribution in [2.24, 2.45) is 0 Å². The lowest BCUT2D eigenvalue weighted by molar-refractivity contribution is -0.124. The Labute approximate surface area is 167 Å². The number of benzene rings is 2. The van der Waals surface area contributed by atoms with Crippen molar-refractivity contribution >= 4 is 56.4 Å². The third kappa shape index (κ3) is 3.28. The highest BCUT2D eigenvalue weighted by atomic mass is 33.1. The number of hydrogen-bond acceptors (Lipinski definition) is 6. The first-order valence-electron chi connectivity index (χ1n) is 8.21. The molecule has 0 unspecified atom stereocenters. The fourth-order valence-electron chi connectivity index (χ4n) is 2.85. The van der Waals surface area contributed by atoms with Crippen LogP contribution in [0.1, 0.15) is 11.1 Å². The van der Waals surface area contributed by atoms with Gasteiger partial charge >= 0.3 is 0 Å². The van der Waals surface area contributed by atoms with Gasteiger partial charge in [0, 0.05) is 0 Å². The second-order valence-corrected chi connectivity index (χ2v) is 8.02. The first-order valence-corrected chi connectivity index (χ1v) is 10.4. The molecule has 0 aliphatic carbocycles. The quantitative estimate of drug-likeness (QED) is 0.583. The Bertz CT molecular complexity index is 988. The predicted molar refractivity (Wildman–Crippen MR) is 108 cm³/mol. The molecule has 0 saturated carbocycles. The summed E-state index contributed by atoms with van der Waals surface area (Å²) in [4.78, 5) is 49.4. The van der Waals surface area contributed by atoms with Crippen LogP contribution in [0.25, 0.3) is 11.1 Å². The Kier molecular flexibility index (Phi) is 4.89. The summed E-state index contributed by atoms with van der Waals surface area (Å²) in [5.41, 5.74) is 1.74. The van der Waals surface area contributed by atoms with Crippen LogP contribution in [-0.2, 0) is 19.2 Å². The molecule has 2 aliphatic heterocycles. The molecule has 4 rings (SSSR count). The van der Waals surface area contributed by atoms with Gasteiger partial charge in [-0.05, 0) is 32.7 Å². The maximum Gasteiger partial charge on any atom is 0.266 e. The lowest BCUT2D eigenvalue weighted by Crippen LogP contribution is -2.23. The van der Waals surface area contributed by atoms with Crippen molar-refractivity contribution in [3.8, 4) is 0 Å². The summed E-state index contributed by atoms with van der Waals surface area (Å²) in [5, 5.41) is 4.57. The molecule has 138 valence electrons. The van der Waals surface area contributed by atoms with E-state index in [1.165, 1.54) is 0 Å². The van der Waals surface area contributed by atoms with E-state index in [0.29, 0.717) is 11.1 Å². The van der Waals surface area contributed by atoms with Crippen LogP contribution in [0.4, 0.5) is 0 Å². The molecule has 2 aromatic carbocycles. The second-order valence-electron chi connectivity index (χ2n) is 5.87. The normalized spacial score (nSPS) is 16.7. The van der Waals surface area contributed by atoms with Gasteiger partial charge in [0.2, 0.25) is 0 Å². The van der Waals surface area contributed by atoms with E-state index in [-0.39, 0.29) is 21.0 Å². The third-order valence-corrected chi connectivity index (χ3v) is 6.55. The average Bonchev–Trinajstić information content (AvgIpc) is 3.15. The van der Waals surface area contributed by atoms with Crippen LogP contribution in [-0.4, -0.2) is 23.6 Å². The number of amides is 4. The monoisotopic (exact) mass is 408 g/mol. The van der Waals surface area contributed by atoms with Gasteiger partial charge in [0.15, 0.2) is 0 Å². The van der Waals surface area contributed by atoms with Gasteiger partial charge in [-0.1, -0.05) is 60.7 Å². The fraction of sp³-hybridized carbons (Fsp3) is 0. The lowest BCUT2D eigenvalue weighted by atomic mass is 10.1. The maximum atomic E-state index is 12.3. The smallest absolute Gasteiger partial charge is 0.266 e. The summed E-state index contributed by atoms with van der Waals surface area (Å²) in [5.74, 6) is -2.01. The van der Waals surface area contributed by atoms with Crippen LogP contribution < -0.4 is 10.6 Å². The van der Waals surface area contributed by atoms with E-state index in [0.717, 1.165) is 21.6 Å². The topological polar surface area (TPSA) is 92.3 Å². The Hall–Kier alpha value is -3.10. The van der Waals surface area contributed by atoms with Crippen LogP contribution in [0.2, 0.25) is 0 Å². The molecular weight excluding hydrogens is 396 g/mol. The van der Waals surface area contributed by atoms with E-state index >= 15 is 0 Å². The van der Waals surface area contributed by atoms with Gasteiger partial charge in [-0.2, -0.15) is 0 Å². The van der Waals surface area contributed by atoms with Crippen molar-refractivity contribution in [2.45, 2.75) is 0 Å². The van der Waals surface area contributed by atoms with E-state index < -0.39 is 23.6 Å². The van der Waals surface area contributed by atoms with Gasteiger partial charge in [0.05, 0.1) is 21.0 Å². The van der Waals surface area contributed by atoms with Crippen molar-refractivity contribution in [2.75, 3.05) is 0 Å². The van der Waals surface area contributed by atoms with Crippen molar-refractivity contribution in [3.05, 3.63) is 81.6 Å². The summed E-state index contributed by atoms with van der Waals surface area (Å²) in [7, 11) is 1.99. The minimum absolute atomic E-state index is 0.202. The van der Waals surface area contributed by atoms with Gasteiger partial charge in [-0.25, -0.2) is 0 Å². The van der Waals surface area contributed by atoms with E-state index in [2.05, 4.69) is 10.6 Å². The Morgan fingerprint density at radius 3 is 1.21 bits per heavy atom. The van der Waals surface area contributed by atoms with Crippen molar-refractivity contribution in [1.29, 1.82) is 0 Å². The zero-order valence-electron chi connectivity index (χ0n) is 14.2. The van der Waals surface area contributed by atoms with Gasteiger partial charge in [-0.3, -0.25) is 29.8 Å².